The van der Waals surface area contributed by atoms with Gasteiger partial charge in [0.25, 0.3) is 0 Å². The number of hydrogen-bond acceptors (Lipinski definition) is 3. The molecule has 2 aliphatic rings. The Kier molecular flexibility index (Phi) is 6.50. The molecule has 0 aliphatic carbocycles. The van der Waals surface area contributed by atoms with Gasteiger partial charge < -0.3 is 9.80 Å². The molecular formula is C20H25ClFN3O2. The number of halogens is 2. The number of carbonyl (C=O) groups excluding carboxylic acids is 2. The van der Waals surface area contributed by atoms with E-state index in [4.69, 9.17) is 11.6 Å². The highest BCUT2D eigenvalue weighted by Crippen LogP contribution is 2.22. The molecule has 1 unspecified atom stereocenters. The summed E-state index contributed by atoms with van der Waals surface area (Å²) in [4.78, 5) is 30.7. The molecule has 2 heterocycles. The van der Waals surface area contributed by atoms with Crippen molar-refractivity contribution in [1.29, 1.82) is 0 Å². The first-order chi connectivity index (χ1) is 13.0. The van der Waals surface area contributed by atoms with Gasteiger partial charge in [0.1, 0.15) is 5.82 Å². The largest absolute Gasteiger partial charge is 0.341 e. The molecule has 2 saturated heterocycles. The number of nitrogens with zero attached hydrogens (tertiary/aromatic N) is 3. The molecule has 146 valence electrons. The summed E-state index contributed by atoms with van der Waals surface area (Å²) in [6.07, 6.45) is 2.86. The lowest BCUT2D eigenvalue weighted by molar-refractivity contribution is -0.135. The molecule has 0 radical (unpaired) electrons. The maximum atomic E-state index is 13.3. The van der Waals surface area contributed by atoms with E-state index in [2.05, 4.69) is 11.5 Å². The van der Waals surface area contributed by atoms with E-state index in [1.54, 1.807) is 23.1 Å². The molecule has 0 bridgehead atoms. The highest BCUT2D eigenvalue weighted by molar-refractivity contribution is 6.30. The Labute approximate surface area is 164 Å². The molecule has 0 N–H and O–H groups in total. The topological polar surface area (TPSA) is 43.9 Å². The van der Waals surface area contributed by atoms with Crippen LogP contribution in [-0.2, 0) is 16.1 Å². The number of hydrogen-bond donors (Lipinski definition) is 0. The van der Waals surface area contributed by atoms with Crippen LogP contribution in [0.5, 0.6) is 0 Å². The first kappa shape index (κ1) is 19.8. The molecule has 2 aliphatic heterocycles. The summed E-state index contributed by atoms with van der Waals surface area (Å²) in [5, 5.41) is 0.133. The minimum absolute atomic E-state index is 0.0258. The zero-order chi connectivity index (χ0) is 19.4. The van der Waals surface area contributed by atoms with Crippen LogP contribution < -0.4 is 0 Å². The molecule has 1 atom stereocenters. The fourth-order valence-corrected chi connectivity index (χ4v) is 3.98. The van der Waals surface area contributed by atoms with Gasteiger partial charge in [-0.05, 0) is 24.1 Å². The molecule has 0 saturated carbocycles. The van der Waals surface area contributed by atoms with Gasteiger partial charge in [-0.2, -0.15) is 0 Å². The lowest BCUT2D eigenvalue weighted by Crippen LogP contribution is -2.39. The monoisotopic (exact) mass is 393 g/mol. The van der Waals surface area contributed by atoms with Crippen molar-refractivity contribution in [1.82, 2.24) is 14.7 Å². The summed E-state index contributed by atoms with van der Waals surface area (Å²) in [6, 6.07) is 4.79. The van der Waals surface area contributed by atoms with Gasteiger partial charge in [-0.3, -0.25) is 14.5 Å². The van der Waals surface area contributed by atoms with Crippen molar-refractivity contribution in [2.24, 2.45) is 5.92 Å². The smallest absolute Gasteiger partial charge is 0.228 e. The van der Waals surface area contributed by atoms with Crippen LogP contribution in [0.25, 0.3) is 0 Å². The Bertz CT molecular complexity index is 727. The van der Waals surface area contributed by atoms with Gasteiger partial charge in [0.2, 0.25) is 11.8 Å². The van der Waals surface area contributed by atoms with Crippen LogP contribution in [0.3, 0.4) is 0 Å². The lowest BCUT2D eigenvalue weighted by Gasteiger charge is -2.24. The van der Waals surface area contributed by atoms with E-state index in [-0.39, 0.29) is 22.8 Å². The van der Waals surface area contributed by atoms with Crippen LogP contribution in [0.15, 0.2) is 30.9 Å². The lowest BCUT2D eigenvalue weighted by atomic mass is 10.1. The number of rotatable bonds is 5. The minimum Gasteiger partial charge on any atom is -0.341 e. The van der Waals surface area contributed by atoms with Gasteiger partial charge in [0, 0.05) is 52.2 Å². The molecule has 5 nitrogen and oxygen atoms in total. The number of carbonyl (C=O) groups is 2. The second kappa shape index (κ2) is 8.85. The molecule has 2 fully saturated rings. The summed E-state index contributed by atoms with van der Waals surface area (Å²) < 4.78 is 13.3. The third kappa shape index (κ3) is 4.87. The van der Waals surface area contributed by atoms with Crippen molar-refractivity contribution < 1.29 is 14.0 Å². The number of amides is 2. The van der Waals surface area contributed by atoms with E-state index in [1.807, 2.05) is 4.90 Å². The summed E-state index contributed by atoms with van der Waals surface area (Å²) in [7, 11) is 0. The van der Waals surface area contributed by atoms with Gasteiger partial charge in [0.05, 0.1) is 10.9 Å². The molecule has 27 heavy (non-hydrogen) atoms. The van der Waals surface area contributed by atoms with Crippen molar-refractivity contribution in [3.8, 4) is 0 Å². The predicted octanol–water partition coefficient (Wildman–Crippen LogP) is 2.55. The van der Waals surface area contributed by atoms with Crippen LogP contribution >= 0.6 is 11.6 Å². The van der Waals surface area contributed by atoms with Crippen LogP contribution in [0.2, 0.25) is 5.02 Å². The Hall–Kier alpha value is -1.92. The van der Waals surface area contributed by atoms with Gasteiger partial charge in [-0.15, -0.1) is 6.58 Å². The maximum Gasteiger partial charge on any atom is 0.228 e. The summed E-state index contributed by atoms with van der Waals surface area (Å²) >= 11 is 5.86. The Morgan fingerprint density at radius 2 is 2.11 bits per heavy atom. The summed E-state index contributed by atoms with van der Waals surface area (Å²) in [6.45, 7) is 8.27. The third-order valence-corrected chi connectivity index (χ3v) is 5.49. The normalized spacial score (nSPS) is 21.4. The van der Waals surface area contributed by atoms with E-state index >= 15 is 0 Å². The van der Waals surface area contributed by atoms with Crippen molar-refractivity contribution in [2.45, 2.75) is 19.4 Å². The number of likely N-dealkylation sites (tertiary alicyclic amines) is 1. The highest BCUT2D eigenvalue weighted by atomic mass is 35.5. The van der Waals surface area contributed by atoms with Crippen molar-refractivity contribution in [2.75, 3.05) is 39.3 Å². The van der Waals surface area contributed by atoms with Gasteiger partial charge >= 0.3 is 0 Å². The van der Waals surface area contributed by atoms with Gasteiger partial charge in [-0.25, -0.2) is 4.39 Å². The fraction of sp³-hybridized carbons (Fsp3) is 0.500. The SMILES string of the molecule is C=CCN1CC(C(=O)N2CCCN(Cc3ccc(F)c(Cl)c3)CC2)CC1=O. The zero-order valence-corrected chi connectivity index (χ0v) is 16.1. The van der Waals surface area contributed by atoms with E-state index in [0.717, 1.165) is 25.1 Å². The van der Waals surface area contributed by atoms with Gasteiger partial charge in [-0.1, -0.05) is 23.7 Å². The first-order valence-corrected chi connectivity index (χ1v) is 9.69. The minimum atomic E-state index is -0.412. The summed E-state index contributed by atoms with van der Waals surface area (Å²) in [5.41, 5.74) is 0.961. The molecule has 0 aromatic heterocycles. The Morgan fingerprint density at radius 1 is 1.30 bits per heavy atom. The van der Waals surface area contributed by atoms with E-state index in [9.17, 15) is 14.0 Å². The third-order valence-electron chi connectivity index (χ3n) is 5.20. The van der Waals surface area contributed by atoms with Crippen LogP contribution in [0, 0.1) is 11.7 Å². The molecule has 3 rings (SSSR count). The van der Waals surface area contributed by atoms with Crippen molar-refractivity contribution in [3.63, 3.8) is 0 Å². The average Bonchev–Trinajstić information content (AvgIpc) is 2.86. The quantitative estimate of drug-likeness (QED) is 0.722. The summed E-state index contributed by atoms with van der Waals surface area (Å²) in [5.74, 6) is -0.566. The Balaban J connectivity index is 1.55. The van der Waals surface area contributed by atoms with Crippen LogP contribution in [0.4, 0.5) is 4.39 Å². The van der Waals surface area contributed by atoms with E-state index in [1.165, 1.54) is 6.07 Å². The highest BCUT2D eigenvalue weighted by Gasteiger charge is 2.36. The van der Waals surface area contributed by atoms with Crippen molar-refractivity contribution in [3.05, 3.63) is 47.3 Å². The van der Waals surface area contributed by atoms with E-state index in [0.29, 0.717) is 39.1 Å². The number of benzene rings is 1. The van der Waals surface area contributed by atoms with Crippen LogP contribution in [-0.4, -0.2) is 65.8 Å². The molecule has 0 spiro atoms. The van der Waals surface area contributed by atoms with E-state index < -0.39 is 5.82 Å². The second-order valence-electron chi connectivity index (χ2n) is 7.19. The molecule has 1 aromatic carbocycles. The van der Waals surface area contributed by atoms with Crippen LogP contribution in [0.1, 0.15) is 18.4 Å². The standard InChI is InChI=1S/C20H25ClFN3O2/c1-2-6-25-14-16(12-19(25)26)20(27)24-8-3-7-23(9-10-24)13-15-4-5-18(22)17(21)11-15/h2,4-5,11,16H,1,3,6-10,12-14H2. The Morgan fingerprint density at radius 3 is 2.85 bits per heavy atom. The van der Waals surface area contributed by atoms with Crippen molar-refractivity contribution >= 4 is 23.4 Å². The second-order valence-corrected chi connectivity index (χ2v) is 7.60. The molecular weight excluding hydrogens is 369 g/mol. The predicted molar refractivity (Wildman–Crippen MR) is 103 cm³/mol. The average molecular weight is 394 g/mol. The zero-order valence-electron chi connectivity index (χ0n) is 15.4. The maximum absolute atomic E-state index is 13.3. The first-order valence-electron chi connectivity index (χ1n) is 9.31. The molecule has 7 heteroatoms. The molecule has 2 amide bonds. The molecule has 1 aromatic rings. The van der Waals surface area contributed by atoms with Gasteiger partial charge in [0.15, 0.2) is 0 Å². The fourth-order valence-electron chi connectivity index (χ4n) is 3.77.